The number of hydrogen-bond acceptors (Lipinski definition) is 2. The third kappa shape index (κ3) is 3.59. The second kappa shape index (κ2) is 5.91. The number of nitrogens with one attached hydrogen (secondary N) is 1. The summed E-state index contributed by atoms with van der Waals surface area (Å²) in [5.74, 6) is 0. The summed E-state index contributed by atoms with van der Waals surface area (Å²) in [5.41, 5.74) is 2.43. The Morgan fingerprint density at radius 2 is 2.18 bits per heavy atom. The molecule has 5 heteroatoms. The van der Waals surface area contributed by atoms with Gasteiger partial charge in [-0.1, -0.05) is 11.6 Å². The first-order valence-corrected chi connectivity index (χ1v) is 8.06. The molecule has 0 atom stereocenters. The van der Waals surface area contributed by atoms with Crippen LogP contribution in [0, 0.1) is 10.5 Å². The summed E-state index contributed by atoms with van der Waals surface area (Å²) < 4.78 is 3.04. The van der Waals surface area contributed by atoms with Gasteiger partial charge in [-0.15, -0.1) is 11.3 Å². The molecular formula is C12H10BrClINS. The molecule has 1 aromatic carbocycles. The van der Waals surface area contributed by atoms with Crippen molar-refractivity contribution in [2.24, 2.45) is 0 Å². The molecule has 1 N–H and O–H groups in total. The van der Waals surface area contributed by atoms with E-state index in [0.29, 0.717) is 0 Å². The molecular weight excluding hydrogens is 432 g/mol. The van der Waals surface area contributed by atoms with Crippen LogP contribution in [0.3, 0.4) is 0 Å². The molecule has 0 saturated heterocycles. The van der Waals surface area contributed by atoms with Gasteiger partial charge < -0.3 is 5.32 Å². The maximum Gasteiger partial charge on any atom is 0.107 e. The fourth-order valence-corrected chi connectivity index (χ4v) is 3.86. The average molecular weight is 443 g/mol. The maximum absolute atomic E-state index is 6.01. The normalized spacial score (nSPS) is 10.6. The van der Waals surface area contributed by atoms with Gasteiger partial charge in [-0.05, 0) is 75.3 Å². The van der Waals surface area contributed by atoms with Crippen LogP contribution >= 0.6 is 61.5 Å². The zero-order valence-electron chi connectivity index (χ0n) is 9.06. The molecule has 0 saturated carbocycles. The van der Waals surface area contributed by atoms with Crippen molar-refractivity contribution in [3.63, 3.8) is 0 Å². The van der Waals surface area contributed by atoms with Gasteiger partial charge in [-0.2, -0.15) is 0 Å². The third-order valence-corrected chi connectivity index (χ3v) is 5.48. The Labute approximate surface area is 132 Å². The number of benzene rings is 1. The summed E-state index contributed by atoms with van der Waals surface area (Å²) in [6.07, 6.45) is 0. The molecule has 1 nitrogen and oxygen atoms in total. The van der Waals surface area contributed by atoms with Gasteiger partial charge in [0.2, 0.25) is 0 Å². The van der Waals surface area contributed by atoms with Crippen LogP contribution in [0.15, 0.2) is 28.7 Å². The Balaban J connectivity index is 2.07. The van der Waals surface area contributed by atoms with Crippen molar-refractivity contribution in [1.29, 1.82) is 0 Å². The van der Waals surface area contributed by atoms with E-state index in [0.717, 1.165) is 15.4 Å². The van der Waals surface area contributed by atoms with Gasteiger partial charge in [0, 0.05) is 25.2 Å². The molecule has 0 radical (unpaired) electrons. The first-order valence-electron chi connectivity index (χ1n) is 5.00. The Morgan fingerprint density at radius 1 is 1.41 bits per heavy atom. The quantitative estimate of drug-likeness (QED) is 0.603. The molecule has 2 aromatic rings. The Kier molecular flexibility index (Phi) is 4.74. The molecule has 2 rings (SSSR count). The van der Waals surface area contributed by atoms with Crippen molar-refractivity contribution in [1.82, 2.24) is 0 Å². The lowest BCUT2D eigenvalue weighted by molar-refractivity contribution is 1.18. The van der Waals surface area contributed by atoms with Crippen LogP contribution in [-0.2, 0) is 6.54 Å². The molecule has 0 aliphatic carbocycles. The molecule has 0 amide bonds. The fraction of sp³-hybridized carbons (Fsp3) is 0.167. The number of thiophene rings is 1. The monoisotopic (exact) mass is 441 g/mol. The van der Waals surface area contributed by atoms with E-state index in [4.69, 9.17) is 11.6 Å². The van der Waals surface area contributed by atoms with E-state index in [2.05, 4.69) is 75.0 Å². The van der Waals surface area contributed by atoms with Crippen molar-refractivity contribution >= 4 is 67.1 Å². The molecule has 0 unspecified atom stereocenters. The average Bonchev–Trinajstić information content (AvgIpc) is 2.57. The van der Waals surface area contributed by atoms with E-state index in [1.807, 2.05) is 0 Å². The zero-order chi connectivity index (χ0) is 12.4. The molecule has 0 aliphatic rings. The van der Waals surface area contributed by atoms with Gasteiger partial charge in [0.15, 0.2) is 0 Å². The number of hydrogen-bond donors (Lipinski definition) is 1. The molecule has 0 spiro atoms. The van der Waals surface area contributed by atoms with E-state index >= 15 is 0 Å². The number of halogens is 3. The summed E-state index contributed by atoms with van der Waals surface area (Å²) in [4.78, 5) is 1.22. The fourth-order valence-electron chi connectivity index (χ4n) is 1.49. The Morgan fingerprint density at radius 3 is 2.76 bits per heavy atom. The topological polar surface area (TPSA) is 12.0 Å². The SMILES string of the molecule is Cc1cc(I)ccc1NCc1cc(Br)c(Cl)s1. The predicted molar refractivity (Wildman–Crippen MR) is 88.3 cm³/mol. The van der Waals surface area contributed by atoms with Crippen LogP contribution in [0.1, 0.15) is 10.4 Å². The van der Waals surface area contributed by atoms with Crippen LogP contribution in [0.5, 0.6) is 0 Å². The minimum atomic E-state index is 0.803. The number of rotatable bonds is 3. The molecule has 90 valence electrons. The van der Waals surface area contributed by atoms with Crippen molar-refractivity contribution in [2.45, 2.75) is 13.5 Å². The van der Waals surface area contributed by atoms with Gasteiger partial charge in [-0.3, -0.25) is 0 Å². The second-order valence-corrected chi connectivity index (χ2v) is 7.49. The van der Waals surface area contributed by atoms with Crippen LogP contribution in [0.4, 0.5) is 5.69 Å². The first kappa shape index (κ1) is 13.6. The van der Waals surface area contributed by atoms with Crippen molar-refractivity contribution in [2.75, 3.05) is 5.32 Å². The molecule has 0 aliphatic heterocycles. The highest BCUT2D eigenvalue weighted by molar-refractivity contribution is 14.1. The first-order chi connectivity index (χ1) is 8.06. The van der Waals surface area contributed by atoms with Crippen LogP contribution in [0.25, 0.3) is 0 Å². The highest BCUT2D eigenvalue weighted by Gasteiger charge is 2.05. The highest BCUT2D eigenvalue weighted by Crippen LogP contribution is 2.32. The molecule has 1 aromatic heterocycles. The van der Waals surface area contributed by atoms with Crippen LogP contribution < -0.4 is 5.32 Å². The van der Waals surface area contributed by atoms with E-state index in [1.54, 1.807) is 11.3 Å². The van der Waals surface area contributed by atoms with Crippen molar-refractivity contribution < 1.29 is 0 Å². The lowest BCUT2D eigenvalue weighted by Gasteiger charge is -2.08. The summed E-state index contributed by atoms with van der Waals surface area (Å²) in [7, 11) is 0. The number of anilines is 1. The summed E-state index contributed by atoms with van der Waals surface area (Å²) >= 11 is 13.3. The molecule has 0 bridgehead atoms. The predicted octanol–water partition coefficient (Wildman–Crippen LogP) is 5.69. The summed E-state index contributed by atoms with van der Waals surface area (Å²) in [5, 5.41) is 3.42. The van der Waals surface area contributed by atoms with E-state index < -0.39 is 0 Å². The highest BCUT2D eigenvalue weighted by atomic mass is 127. The maximum atomic E-state index is 6.01. The smallest absolute Gasteiger partial charge is 0.107 e. The number of aryl methyl sites for hydroxylation is 1. The van der Waals surface area contributed by atoms with Gasteiger partial charge in [-0.25, -0.2) is 0 Å². The van der Waals surface area contributed by atoms with Crippen molar-refractivity contribution in [3.05, 3.63) is 47.1 Å². The lowest BCUT2D eigenvalue weighted by atomic mass is 10.2. The summed E-state index contributed by atoms with van der Waals surface area (Å²) in [6.45, 7) is 2.92. The molecule has 17 heavy (non-hydrogen) atoms. The van der Waals surface area contributed by atoms with Gasteiger partial charge in [0.25, 0.3) is 0 Å². The molecule has 1 heterocycles. The van der Waals surface area contributed by atoms with E-state index in [1.165, 1.54) is 19.7 Å². The van der Waals surface area contributed by atoms with E-state index in [9.17, 15) is 0 Å². The summed E-state index contributed by atoms with van der Waals surface area (Å²) in [6, 6.07) is 8.44. The van der Waals surface area contributed by atoms with Crippen LogP contribution in [-0.4, -0.2) is 0 Å². The third-order valence-electron chi connectivity index (χ3n) is 2.34. The molecule has 0 fully saturated rings. The van der Waals surface area contributed by atoms with E-state index in [-0.39, 0.29) is 0 Å². The standard InChI is InChI=1S/C12H10BrClINS/c1-7-4-8(15)2-3-11(7)16-6-9-5-10(13)12(14)17-9/h2-5,16H,6H2,1H3. The van der Waals surface area contributed by atoms with Gasteiger partial charge in [0.05, 0.1) is 0 Å². The van der Waals surface area contributed by atoms with Crippen LogP contribution in [0.2, 0.25) is 4.34 Å². The largest absolute Gasteiger partial charge is 0.380 e. The Bertz CT molecular complexity index is 522. The van der Waals surface area contributed by atoms with Gasteiger partial charge in [0.1, 0.15) is 4.34 Å². The minimum absolute atomic E-state index is 0.803. The van der Waals surface area contributed by atoms with Crippen molar-refractivity contribution in [3.8, 4) is 0 Å². The lowest BCUT2D eigenvalue weighted by Crippen LogP contribution is -1.99. The zero-order valence-corrected chi connectivity index (χ0v) is 14.4. The minimum Gasteiger partial charge on any atom is -0.380 e. The Hall–Kier alpha value is 0.220. The second-order valence-electron chi connectivity index (χ2n) is 3.65. The van der Waals surface area contributed by atoms with Gasteiger partial charge >= 0.3 is 0 Å².